The van der Waals surface area contributed by atoms with E-state index in [4.69, 9.17) is 16.2 Å². The van der Waals surface area contributed by atoms with Gasteiger partial charge in [-0.15, -0.1) is 0 Å². The molecule has 3 heteroatoms. The first-order chi connectivity index (χ1) is 11.1. The van der Waals surface area contributed by atoms with Crippen LogP contribution in [-0.4, -0.2) is 12.5 Å². The summed E-state index contributed by atoms with van der Waals surface area (Å²) in [5.41, 5.74) is 12.1. The van der Waals surface area contributed by atoms with Crippen LogP contribution in [0.1, 0.15) is 117 Å². The van der Waals surface area contributed by atoms with Gasteiger partial charge in [0.05, 0.1) is 6.61 Å². The summed E-state index contributed by atoms with van der Waals surface area (Å²) in [5, 5.41) is 0. The van der Waals surface area contributed by atoms with Crippen molar-refractivity contribution in [1.29, 1.82) is 0 Å². The molecule has 0 bridgehead atoms. The average Bonchev–Trinajstić information content (AvgIpc) is 2.52. The molecule has 0 aliphatic rings. The summed E-state index contributed by atoms with van der Waals surface area (Å²) in [5.74, 6) is -0.912. The van der Waals surface area contributed by atoms with E-state index in [0.29, 0.717) is 6.61 Å². The fourth-order valence-corrected chi connectivity index (χ4v) is 2.93. The minimum absolute atomic E-state index is 0.707. The lowest BCUT2D eigenvalue weighted by atomic mass is 10.1. The zero-order valence-corrected chi connectivity index (χ0v) is 16.1. The summed E-state index contributed by atoms with van der Waals surface area (Å²) in [6.45, 7) is 5.22. The summed E-state index contributed by atoms with van der Waals surface area (Å²) in [4.78, 5) is 0. The highest BCUT2D eigenvalue weighted by Crippen LogP contribution is 2.13. The molecule has 23 heavy (non-hydrogen) atoms. The summed E-state index contributed by atoms with van der Waals surface area (Å²) >= 11 is 0. The van der Waals surface area contributed by atoms with Crippen LogP contribution in [0.5, 0.6) is 0 Å². The Kier molecular flexibility index (Phi) is 16.6. The molecule has 0 fully saturated rings. The van der Waals surface area contributed by atoms with Gasteiger partial charge in [-0.1, -0.05) is 97.3 Å². The Morgan fingerprint density at radius 1 is 0.565 bits per heavy atom. The molecule has 0 spiro atoms. The second-order valence-corrected chi connectivity index (χ2v) is 7.15. The van der Waals surface area contributed by atoms with Crippen molar-refractivity contribution in [2.24, 2.45) is 11.5 Å². The maximum atomic E-state index is 6.03. The van der Waals surface area contributed by atoms with Gasteiger partial charge in [-0.3, -0.25) is 11.5 Å². The third-order valence-electron chi connectivity index (χ3n) is 4.54. The third-order valence-corrected chi connectivity index (χ3v) is 4.54. The smallest absolute Gasteiger partial charge is 0.169 e. The Balaban J connectivity index is 3.33. The molecule has 0 aromatic heterocycles. The van der Waals surface area contributed by atoms with Crippen molar-refractivity contribution in [1.82, 2.24) is 0 Å². The van der Waals surface area contributed by atoms with Crippen molar-refractivity contribution < 1.29 is 4.74 Å². The molecule has 0 amide bonds. The Bertz CT molecular complexity index is 232. The Labute approximate surface area is 145 Å². The molecule has 0 aromatic rings. The molecule has 0 atom stereocenters. The summed E-state index contributed by atoms with van der Waals surface area (Å²) in [7, 11) is 0. The number of ether oxygens (including phenoxy) is 1. The van der Waals surface area contributed by atoms with Crippen molar-refractivity contribution in [3.05, 3.63) is 0 Å². The Morgan fingerprint density at radius 3 is 1.43 bits per heavy atom. The molecule has 0 aromatic carbocycles. The van der Waals surface area contributed by atoms with E-state index in [9.17, 15) is 0 Å². The normalized spacial score (nSPS) is 12.0. The molecule has 3 nitrogen and oxygen atoms in total. The van der Waals surface area contributed by atoms with Crippen LogP contribution in [-0.2, 0) is 4.74 Å². The van der Waals surface area contributed by atoms with Gasteiger partial charge in [0.15, 0.2) is 5.85 Å². The van der Waals surface area contributed by atoms with E-state index in [1.165, 1.54) is 83.5 Å². The summed E-state index contributed by atoms with van der Waals surface area (Å²) in [6.07, 6.45) is 20.2. The van der Waals surface area contributed by atoms with E-state index in [2.05, 4.69) is 13.8 Å². The lowest BCUT2D eigenvalue weighted by Crippen LogP contribution is -2.52. The molecule has 0 aliphatic heterocycles. The lowest BCUT2D eigenvalue weighted by molar-refractivity contribution is -0.0458. The second kappa shape index (κ2) is 16.7. The largest absolute Gasteiger partial charge is 0.348 e. The predicted octanol–water partition coefficient (Wildman–Crippen LogP) is 5.86. The van der Waals surface area contributed by atoms with Crippen molar-refractivity contribution in [2.75, 3.05) is 6.61 Å². The lowest BCUT2D eigenvalue weighted by Gasteiger charge is -2.25. The highest BCUT2D eigenvalue weighted by Gasteiger charge is 2.18. The zero-order chi connectivity index (χ0) is 17.2. The monoisotopic (exact) mass is 328 g/mol. The van der Waals surface area contributed by atoms with Gasteiger partial charge in [-0.05, 0) is 12.8 Å². The Morgan fingerprint density at radius 2 is 0.957 bits per heavy atom. The molecule has 0 rings (SSSR count). The van der Waals surface area contributed by atoms with Crippen LogP contribution in [0.3, 0.4) is 0 Å². The molecule has 0 saturated heterocycles. The zero-order valence-electron chi connectivity index (χ0n) is 16.1. The standard InChI is InChI=1S/C20H44N2O/c1-3-5-7-9-11-13-15-17-19-23-20(21,22)18-16-14-12-10-8-6-4-2/h3-19,21-22H2,1-2H3. The SMILES string of the molecule is CCCCCCCCCCOC(N)(N)CCCCCCCCC. The van der Waals surface area contributed by atoms with Gasteiger partial charge in [0.2, 0.25) is 0 Å². The van der Waals surface area contributed by atoms with E-state index >= 15 is 0 Å². The summed E-state index contributed by atoms with van der Waals surface area (Å²) < 4.78 is 5.68. The first-order valence-corrected chi connectivity index (χ1v) is 10.3. The van der Waals surface area contributed by atoms with Crippen LogP contribution >= 0.6 is 0 Å². The molecule has 0 aliphatic carbocycles. The number of hydrogen-bond donors (Lipinski definition) is 2. The summed E-state index contributed by atoms with van der Waals surface area (Å²) in [6, 6.07) is 0. The van der Waals surface area contributed by atoms with Crippen LogP contribution < -0.4 is 11.5 Å². The third kappa shape index (κ3) is 18.1. The highest BCUT2D eigenvalue weighted by atomic mass is 16.5. The molecule has 0 radical (unpaired) electrons. The second-order valence-electron chi connectivity index (χ2n) is 7.15. The van der Waals surface area contributed by atoms with Crippen molar-refractivity contribution >= 4 is 0 Å². The van der Waals surface area contributed by atoms with Crippen molar-refractivity contribution in [3.63, 3.8) is 0 Å². The maximum absolute atomic E-state index is 6.03. The van der Waals surface area contributed by atoms with Gasteiger partial charge in [-0.2, -0.15) is 0 Å². The van der Waals surface area contributed by atoms with Crippen LogP contribution in [0, 0.1) is 0 Å². The Hall–Kier alpha value is -0.120. The molecule has 0 saturated carbocycles. The van der Waals surface area contributed by atoms with E-state index in [1.54, 1.807) is 0 Å². The number of hydrogen-bond acceptors (Lipinski definition) is 3. The number of unbranched alkanes of at least 4 members (excludes halogenated alkanes) is 13. The minimum atomic E-state index is -0.912. The predicted molar refractivity (Wildman–Crippen MR) is 102 cm³/mol. The fourth-order valence-electron chi connectivity index (χ4n) is 2.93. The fraction of sp³-hybridized carbons (Fsp3) is 1.00. The van der Waals surface area contributed by atoms with Gasteiger partial charge >= 0.3 is 0 Å². The van der Waals surface area contributed by atoms with Crippen LogP contribution in [0.2, 0.25) is 0 Å². The minimum Gasteiger partial charge on any atom is -0.348 e. The van der Waals surface area contributed by atoms with E-state index < -0.39 is 5.85 Å². The van der Waals surface area contributed by atoms with E-state index in [-0.39, 0.29) is 0 Å². The molecule has 0 heterocycles. The molecule has 4 N–H and O–H groups in total. The van der Waals surface area contributed by atoms with E-state index in [0.717, 1.165) is 19.3 Å². The van der Waals surface area contributed by atoms with Gasteiger partial charge in [0, 0.05) is 6.42 Å². The van der Waals surface area contributed by atoms with Gasteiger partial charge < -0.3 is 4.74 Å². The molecule has 0 unspecified atom stereocenters. The topological polar surface area (TPSA) is 61.3 Å². The van der Waals surface area contributed by atoms with Gasteiger partial charge in [-0.25, -0.2) is 0 Å². The van der Waals surface area contributed by atoms with Crippen molar-refractivity contribution in [3.8, 4) is 0 Å². The molecule has 140 valence electrons. The maximum Gasteiger partial charge on any atom is 0.169 e. The van der Waals surface area contributed by atoms with Gasteiger partial charge in [0.25, 0.3) is 0 Å². The number of rotatable bonds is 18. The average molecular weight is 329 g/mol. The van der Waals surface area contributed by atoms with Crippen LogP contribution in [0.25, 0.3) is 0 Å². The highest BCUT2D eigenvalue weighted by molar-refractivity contribution is 4.64. The van der Waals surface area contributed by atoms with Crippen LogP contribution in [0.4, 0.5) is 0 Å². The first kappa shape index (κ1) is 22.9. The van der Waals surface area contributed by atoms with Crippen LogP contribution in [0.15, 0.2) is 0 Å². The number of nitrogens with two attached hydrogens (primary N) is 2. The van der Waals surface area contributed by atoms with E-state index in [1.807, 2.05) is 0 Å². The molecular formula is C20H44N2O. The van der Waals surface area contributed by atoms with Crippen molar-refractivity contribution in [2.45, 2.75) is 122 Å². The molecular weight excluding hydrogens is 284 g/mol. The van der Waals surface area contributed by atoms with Gasteiger partial charge in [0.1, 0.15) is 0 Å². The first-order valence-electron chi connectivity index (χ1n) is 10.3. The quantitative estimate of drug-likeness (QED) is 0.245.